The van der Waals surface area contributed by atoms with E-state index in [9.17, 15) is 9.90 Å². The fourth-order valence-electron chi connectivity index (χ4n) is 3.89. The Kier molecular flexibility index (Phi) is 10.4. The van der Waals surface area contributed by atoms with Crippen molar-refractivity contribution in [2.45, 2.75) is 96.2 Å². The number of benzene rings is 2. The highest BCUT2D eigenvalue weighted by atomic mass is 28.4. The van der Waals surface area contributed by atoms with Gasteiger partial charge in [-0.2, -0.15) is 0 Å². The van der Waals surface area contributed by atoms with Gasteiger partial charge in [0.15, 0.2) is 19.9 Å². The van der Waals surface area contributed by atoms with Crippen molar-refractivity contribution in [3.63, 3.8) is 0 Å². The second-order valence-corrected chi connectivity index (χ2v) is 16.6. The SMILES string of the molecule is CC1(C)OC[C@@H](C(=O)[C@H](O[Si](C)(C)C(C)(C)C)[C@@H](O)[C@H](COCc2ccccc2)OCc2ccccc2)O1. The van der Waals surface area contributed by atoms with Crippen LogP contribution in [0.5, 0.6) is 0 Å². The van der Waals surface area contributed by atoms with E-state index in [1.807, 2.05) is 60.7 Å². The standard InChI is InChI=1S/C30H44O7Si/c1-29(2,3)38(6,7)37-28(27(32)25-21-35-30(4,5)36-25)26(31)24(34-19-23-16-12-9-13-17-23)20-33-18-22-14-10-8-11-15-22/h8-17,24-26,28,31H,18-21H2,1-7H3/t24-,25-,26-,28+/m0/s1. The van der Waals surface area contributed by atoms with Crippen LogP contribution in [-0.2, 0) is 41.4 Å². The Labute approximate surface area is 228 Å². The number of aliphatic hydroxyl groups is 1. The van der Waals surface area contributed by atoms with Gasteiger partial charge in [-0.15, -0.1) is 0 Å². The van der Waals surface area contributed by atoms with Crippen LogP contribution in [0.25, 0.3) is 0 Å². The molecule has 4 atom stereocenters. The van der Waals surface area contributed by atoms with E-state index >= 15 is 0 Å². The van der Waals surface area contributed by atoms with E-state index in [4.69, 9.17) is 23.4 Å². The molecule has 0 aliphatic carbocycles. The van der Waals surface area contributed by atoms with E-state index in [0.29, 0.717) is 6.61 Å². The Morgan fingerprint density at radius 1 is 1.03 bits per heavy atom. The predicted molar refractivity (Wildman–Crippen MR) is 149 cm³/mol. The number of hydrogen-bond donors (Lipinski definition) is 1. The molecule has 1 aliphatic rings. The summed E-state index contributed by atoms with van der Waals surface area (Å²) >= 11 is 0. The molecule has 2 aromatic carbocycles. The number of Topliss-reactive ketones (excluding diaryl/α,β-unsaturated/α-hetero) is 1. The molecule has 8 heteroatoms. The van der Waals surface area contributed by atoms with Crippen LogP contribution in [0.1, 0.15) is 45.7 Å². The number of aliphatic hydroxyl groups excluding tert-OH is 1. The van der Waals surface area contributed by atoms with Crippen LogP contribution in [0.4, 0.5) is 0 Å². The number of rotatable bonds is 13. The van der Waals surface area contributed by atoms with Crippen molar-refractivity contribution in [1.29, 1.82) is 0 Å². The highest BCUT2D eigenvalue weighted by Gasteiger charge is 2.48. The number of carbonyl (C=O) groups is 1. The summed E-state index contributed by atoms with van der Waals surface area (Å²) in [5, 5.41) is 11.5. The number of ketones is 1. The van der Waals surface area contributed by atoms with Gasteiger partial charge in [0, 0.05) is 0 Å². The largest absolute Gasteiger partial charge is 0.404 e. The van der Waals surface area contributed by atoms with Gasteiger partial charge in [-0.25, -0.2) is 0 Å². The second kappa shape index (κ2) is 13.0. The zero-order valence-electron chi connectivity index (χ0n) is 23.8. The van der Waals surface area contributed by atoms with Crippen LogP contribution >= 0.6 is 0 Å². The zero-order valence-corrected chi connectivity index (χ0v) is 24.8. The molecule has 0 unspecified atom stereocenters. The Morgan fingerprint density at radius 3 is 2.08 bits per heavy atom. The number of carbonyl (C=O) groups excluding carboxylic acids is 1. The molecule has 0 spiro atoms. The van der Waals surface area contributed by atoms with E-state index in [2.05, 4.69) is 33.9 Å². The predicted octanol–water partition coefficient (Wildman–Crippen LogP) is 5.26. The maximum Gasteiger partial charge on any atom is 0.194 e. The molecule has 210 valence electrons. The Bertz CT molecular complexity index is 1000. The van der Waals surface area contributed by atoms with Crippen LogP contribution in [0.2, 0.25) is 18.1 Å². The quantitative estimate of drug-likeness (QED) is 0.344. The maximum absolute atomic E-state index is 13.8. The van der Waals surface area contributed by atoms with Crippen LogP contribution < -0.4 is 0 Å². The first-order valence-electron chi connectivity index (χ1n) is 13.3. The molecule has 38 heavy (non-hydrogen) atoms. The van der Waals surface area contributed by atoms with E-state index in [-0.39, 0.29) is 30.6 Å². The number of ether oxygens (including phenoxy) is 4. The van der Waals surface area contributed by atoms with Gasteiger partial charge in [-0.1, -0.05) is 81.4 Å². The molecule has 1 fully saturated rings. The molecular formula is C30H44O7Si. The minimum Gasteiger partial charge on any atom is -0.404 e. The van der Waals surface area contributed by atoms with Gasteiger partial charge in [-0.3, -0.25) is 4.79 Å². The molecule has 3 rings (SSSR count). The van der Waals surface area contributed by atoms with Crippen LogP contribution in [-0.4, -0.2) is 62.6 Å². The molecule has 1 heterocycles. The lowest BCUT2D eigenvalue weighted by Gasteiger charge is -2.41. The molecule has 0 amide bonds. The van der Waals surface area contributed by atoms with E-state index < -0.39 is 38.5 Å². The van der Waals surface area contributed by atoms with Crippen molar-refractivity contribution in [2.75, 3.05) is 13.2 Å². The summed E-state index contributed by atoms with van der Waals surface area (Å²) in [7, 11) is -2.47. The first-order chi connectivity index (χ1) is 17.8. The summed E-state index contributed by atoms with van der Waals surface area (Å²) in [6.45, 7) is 14.7. The van der Waals surface area contributed by atoms with Gasteiger partial charge in [0.25, 0.3) is 0 Å². The van der Waals surface area contributed by atoms with Crippen molar-refractivity contribution in [1.82, 2.24) is 0 Å². The van der Waals surface area contributed by atoms with Crippen molar-refractivity contribution in [3.05, 3.63) is 71.8 Å². The third-order valence-corrected chi connectivity index (χ3v) is 11.7. The summed E-state index contributed by atoms with van der Waals surface area (Å²) < 4.78 is 30.3. The molecule has 0 aromatic heterocycles. The average Bonchev–Trinajstić information content (AvgIpc) is 3.24. The van der Waals surface area contributed by atoms with Gasteiger partial charge in [0.05, 0.1) is 26.4 Å². The first-order valence-corrected chi connectivity index (χ1v) is 16.2. The lowest BCUT2D eigenvalue weighted by molar-refractivity contribution is -0.167. The molecule has 1 N–H and O–H groups in total. The Morgan fingerprint density at radius 2 is 1.58 bits per heavy atom. The third-order valence-electron chi connectivity index (χ3n) is 7.23. The molecule has 1 aliphatic heterocycles. The molecule has 7 nitrogen and oxygen atoms in total. The lowest BCUT2D eigenvalue weighted by Crippen LogP contribution is -2.56. The van der Waals surface area contributed by atoms with Crippen molar-refractivity contribution in [2.24, 2.45) is 0 Å². The Balaban J connectivity index is 1.84. The van der Waals surface area contributed by atoms with Crippen molar-refractivity contribution < 1.29 is 33.3 Å². The van der Waals surface area contributed by atoms with Crippen LogP contribution in [0, 0.1) is 0 Å². The highest BCUT2D eigenvalue weighted by Crippen LogP contribution is 2.38. The van der Waals surface area contributed by atoms with Crippen LogP contribution in [0.3, 0.4) is 0 Å². The highest BCUT2D eigenvalue weighted by molar-refractivity contribution is 6.74. The molecular weight excluding hydrogens is 500 g/mol. The molecule has 1 saturated heterocycles. The van der Waals surface area contributed by atoms with Gasteiger partial charge in [0.2, 0.25) is 0 Å². The third kappa shape index (κ3) is 8.54. The normalized spacial score (nSPS) is 20.2. The summed E-state index contributed by atoms with van der Waals surface area (Å²) in [6, 6.07) is 19.5. The maximum atomic E-state index is 13.8. The van der Waals surface area contributed by atoms with Crippen LogP contribution in [0.15, 0.2) is 60.7 Å². The summed E-state index contributed by atoms with van der Waals surface area (Å²) in [5.74, 6) is -1.22. The van der Waals surface area contributed by atoms with Gasteiger partial charge in [-0.05, 0) is 43.1 Å². The van der Waals surface area contributed by atoms with E-state index in [0.717, 1.165) is 11.1 Å². The molecule has 0 saturated carbocycles. The van der Waals surface area contributed by atoms with Crippen molar-refractivity contribution in [3.8, 4) is 0 Å². The lowest BCUT2D eigenvalue weighted by atomic mass is 10.0. The van der Waals surface area contributed by atoms with E-state index in [1.165, 1.54) is 0 Å². The summed E-state index contributed by atoms with van der Waals surface area (Å²) in [4.78, 5) is 13.8. The van der Waals surface area contributed by atoms with Gasteiger partial charge in [0.1, 0.15) is 24.4 Å². The summed E-state index contributed by atoms with van der Waals surface area (Å²) in [5.41, 5.74) is 1.96. The average molecular weight is 545 g/mol. The minimum absolute atomic E-state index is 0.0844. The van der Waals surface area contributed by atoms with Crippen molar-refractivity contribution >= 4 is 14.1 Å². The molecule has 2 aromatic rings. The second-order valence-electron chi connectivity index (χ2n) is 11.8. The minimum atomic E-state index is -2.47. The Hall–Kier alpha value is -1.91. The van der Waals surface area contributed by atoms with Gasteiger partial charge >= 0.3 is 0 Å². The first kappa shape index (κ1) is 30.6. The molecule has 0 bridgehead atoms. The fraction of sp³-hybridized carbons (Fsp3) is 0.567. The smallest absolute Gasteiger partial charge is 0.194 e. The van der Waals surface area contributed by atoms with E-state index in [1.54, 1.807) is 13.8 Å². The summed E-state index contributed by atoms with van der Waals surface area (Å²) in [6.07, 6.45) is -4.08. The topological polar surface area (TPSA) is 83.5 Å². The fourth-order valence-corrected chi connectivity index (χ4v) is 5.13. The molecule has 0 radical (unpaired) electrons. The van der Waals surface area contributed by atoms with Gasteiger partial charge < -0.3 is 28.5 Å². The monoisotopic (exact) mass is 544 g/mol. The zero-order chi connectivity index (χ0) is 28.0. The number of hydrogen-bond acceptors (Lipinski definition) is 7.